The molecule has 0 spiro atoms. The van der Waals surface area contributed by atoms with E-state index >= 15 is 0 Å². The van der Waals surface area contributed by atoms with E-state index in [0.717, 1.165) is 25.7 Å². The molecule has 0 aliphatic carbocycles. The number of rotatable bonds is 18. The van der Waals surface area contributed by atoms with Crippen LogP contribution in [0, 0.1) is 0 Å². The molecule has 0 radical (unpaired) electrons. The third kappa shape index (κ3) is 14.1. The first-order valence-corrected chi connectivity index (χ1v) is 8.96. The van der Waals surface area contributed by atoms with E-state index in [1.54, 1.807) is 0 Å². The smallest absolute Gasteiger partial charge is 0.104 e. The molecule has 3 N–H and O–H groups in total. The van der Waals surface area contributed by atoms with Gasteiger partial charge < -0.3 is 34.3 Å². The molecule has 0 aromatic carbocycles. The maximum Gasteiger partial charge on any atom is 0.104 e. The molecular formula is C17H36O7. The molecule has 0 aromatic rings. The predicted octanol–water partition coefficient (Wildman–Crippen LogP) is 0.736. The number of aliphatic hydroxyl groups is 3. The summed E-state index contributed by atoms with van der Waals surface area (Å²) in [5.74, 6) is 0. The number of ether oxygens (including phenoxy) is 4. The third-order valence-corrected chi connectivity index (χ3v) is 3.35. The highest BCUT2D eigenvalue weighted by molar-refractivity contribution is 4.62. The maximum atomic E-state index is 9.87. The Balaban J connectivity index is 4.06. The van der Waals surface area contributed by atoms with Gasteiger partial charge in [-0.2, -0.15) is 0 Å². The number of hydrogen-bond acceptors (Lipinski definition) is 7. The first-order chi connectivity index (χ1) is 11.7. The lowest BCUT2D eigenvalue weighted by molar-refractivity contribution is -0.114. The molecule has 7 nitrogen and oxygen atoms in total. The van der Waals surface area contributed by atoms with E-state index in [4.69, 9.17) is 29.2 Å². The Morgan fingerprint density at radius 2 is 1.25 bits per heavy atom. The van der Waals surface area contributed by atoms with Crippen LogP contribution in [-0.2, 0) is 18.9 Å². The fourth-order valence-electron chi connectivity index (χ4n) is 1.77. The van der Waals surface area contributed by atoms with Crippen molar-refractivity contribution in [2.24, 2.45) is 0 Å². The topological polar surface area (TPSA) is 97.6 Å². The van der Waals surface area contributed by atoms with E-state index in [1.807, 2.05) is 0 Å². The van der Waals surface area contributed by atoms with Crippen LogP contribution in [0.4, 0.5) is 0 Å². The average molecular weight is 352 g/mol. The largest absolute Gasteiger partial charge is 0.394 e. The maximum absolute atomic E-state index is 9.87. The van der Waals surface area contributed by atoms with Crippen molar-refractivity contribution >= 4 is 0 Å². The van der Waals surface area contributed by atoms with Crippen molar-refractivity contribution < 1.29 is 34.3 Å². The first-order valence-electron chi connectivity index (χ1n) is 8.96. The second-order valence-electron chi connectivity index (χ2n) is 5.79. The van der Waals surface area contributed by atoms with Crippen LogP contribution in [0.3, 0.4) is 0 Å². The minimum absolute atomic E-state index is 0.125. The highest BCUT2D eigenvalue weighted by atomic mass is 16.6. The molecule has 0 aliphatic rings. The van der Waals surface area contributed by atoms with Crippen molar-refractivity contribution in [3.63, 3.8) is 0 Å². The van der Waals surface area contributed by atoms with Gasteiger partial charge in [0.25, 0.3) is 0 Å². The normalized spacial score (nSPS) is 14.2. The quantitative estimate of drug-likeness (QED) is 0.313. The van der Waals surface area contributed by atoms with Crippen molar-refractivity contribution in [3.8, 4) is 0 Å². The zero-order valence-corrected chi connectivity index (χ0v) is 15.2. The molecule has 24 heavy (non-hydrogen) atoms. The van der Waals surface area contributed by atoms with Crippen LogP contribution in [-0.4, -0.2) is 86.5 Å². The van der Waals surface area contributed by atoms with E-state index in [0.29, 0.717) is 19.8 Å². The molecule has 0 saturated heterocycles. The van der Waals surface area contributed by atoms with Gasteiger partial charge in [-0.25, -0.2) is 0 Å². The molecule has 0 amide bonds. The SMILES string of the molecule is CCCCOCC(O)COC(COCCCC)COC(CO)CO. The number of aliphatic hydroxyl groups excluding tert-OH is 3. The predicted molar refractivity (Wildman–Crippen MR) is 91.1 cm³/mol. The lowest BCUT2D eigenvalue weighted by Gasteiger charge is -2.22. The third-order valence-electron chi connectivity index (χ3n) is 3.35. The van der Waals surface area contributed by atoms with Crippen LogP contribution < -0.4 is 0 Å². The average Bonchev–Trinajstić information content (AvgIpc) is 2.60. The molecule has 7 heteroatoms. The summed E-state index contributed by atoms with van der Waals surface area (Å²) in [5.41, 5.74) is 0. The highest BCUT2D eigenvalue weighted by Crippen LogP contribution is 2.02. The van der Waals surface area contributed by atoms with E-state index in [9.17, 15) is 5.11 Å². The zero-order valence-electron chi connectivity index (χ0n) is 15.2. The van der Waals surface area contributed by atoms with Gasteiger partial charge >= 0.3 is 0 Å². The van der Waals surface area contributed by atoms with Crippen LogP contribution in [0.25, 0.3) is 0 Å². The lowest BCUT2D eigenvalue weighted by atomic mass is 10.3. The van der Waals surface area contributed by atoms with Gasteiger partial charge in [0, 0.05) is 13.2 Å². The first kappa shape index (κ1) is 23.7. The van der Waals surface area contributed by atoms with Gasteiger partial charge in [-0.3, -0.25) is 0 Å². The monoisotopic (exact) mass is 352 g/mol. The lowest BCUT2D eigenvalue weighted by Crippen LogP contribution is -2.34. The van der Waals surface area contributed by atoms with E-state index in [-0.39, 0.29) is 39.1 Å². The molecule has 146 valence electrons. The van der Waals surface area contributed by atoms with Crippen molar-refractivity contribution in [3.05, 3.63) is 0 Å². The minimum atomic E-state index is -0.702. The van der Waals surface area contributed by atoms with Crippen LogP contribution in [0.15, 0.2) is 0 Å². The van der Waals surface area contributed by atoms with Crippen molar-refractivity contribution in [1.82, 2.24) is 0 Å². The Kier molecular flexibility index (Phi) is 17.3. The zero-order chi connectivity index (χ0) is 18.0. The fraction of sp³-hybridized carbons (Fsp3) is 1.00. The minimum Gasteiger partial charge on any atom is -0.394 e. The summed E-state index contributed by atoms with van der Waals surface area (Å²) in [6.07, 6.45) is 2.34. The van der Waals surface area contributed by atoms with Crippen molar-refractivity contribution in [1.29, 1.82) is 0 Å². The molecule has 2 atom stereocenters. The summed E-state index contributed by atoms with van der Waals surface area (Å²) >= 11 is 0. The van der Waals surface area contributed by atoms with Crippen molar-refractivity contribution in [2.45, 2.75) is 57.8 Å². The Morgan fingerprint density at radius 1 is 0.708 bits per heavy atom. The van der Waals surface area contributed by atoms with Crippen LogP contribution in [0.5, 0.6) is 0 Å². The van der Waals surface area contributed by atoms with Gasteiger partial charge in [0.2, 0.25) is 0 Å². The Morgan fingerprint density at radius 3 is 1.79 bits per heavy atom. The van der Waals surface area contributed by atoms with Gasteiger partial charge in [-0.1, -0.05) is 26.7 Å². The summed E-state index contributed by atoms with van der Waals surface area (Å²) in [6, 6.07) is 0. The van der Waals surface area contributed by atoms with E-state index in [1.165, 1.54) is 0 Å². The molecule has 0 rings (SSSR count). The second-order valence-corrected chi connectivity index (χ2v) is 5.79. The number of unbranched alkanes of at least 4 members (excludes halogenated alkanes) is 2. The van der Waals surface area contributed by atoms with Gasteiger partial charge in [0.15, 0.2) is 0 Å². The molecule has 0 aliphatic heterocycles. The Hall–Kier alpha value is -0.280. The van der Waals surface area contributed by atoms with Crippen LogP contribution in [0.1, 0.15) is 39.5 Å². The highest BCUT2D eigenvalue weighted by Gasteiger charge is 2.16. The molecule has 0 fully saturated rings. The van der Waals surface area contributed by atoms with Crippen LogP contribution in [0.2, 0.25) is 0 Å². The van der Waals surface area contributed by atoms with Gasteiger partial charge in [-0.05, 0) is 12.8 Å². The molecule has 0 saturated carbocycles. The summed E-state index contributed by atoms with van der Waals surface area (Å²) < 4.78 is 21.9. The Labute approximate surface area is 145 Å². The second kappa shape index (κ2) is 17.5. The van der Waals surface area contributed by atoms with Gasteiger partial charge in [0.1, 0.15) is 18.3 Å². The Bertz CT molecular complexity index is 249. The van der Waals surface area contributed by atoms with Gasteiger partial charge in [0.05, 0.1) is 39.6 Å². The van der Waals surface area contributed by atoms with Gasteiger partial charge in [-0.15, -0.1) is 0 Å². The summed E-state index contributed by atoms with van der Waals surface area (Å²) in [4.78, 5) is 0. The van der Waals surface area contributed by atoms with Crippen LogP contribution >= 0.6 is 0 Å². The summed E-state index contributed by atoms with van der Waals surface area (Å²) in [6.45, 7) is 5.81. The molecule has 2 unspecified atom stereocenters. The molecular weight excluding hydrogens is 316 g/mol. The fourth-order valence-corrected chi connectivity index (χ4v) is 1.77. The van der Waals surface area contributed by atoms with E-state index < -0.39 is 12.2 Å². The number of hydrogen-bond donors (Lipinski definition) is 3. The molecule has 0 heterocycles. The standard InChI is InChI=1S/C17H36O7/c1-3-5-7-21-11-15(20)12-23-17(13-22-8-6-4-2)14-24-16(9-18)10-19/h15-20H,3-14H2,1-2H3. The van der Waals surface area contributed by atoms with Crippen molar-refractivity contribution in [2.75, 3.05) is 52.9 Å². The van der Waals surface area contributed by atoms with E-state index in [2.05, 4.69) is 13.8 Å². The molecule has 0 bridgehead atoms. The summed E-state index contributed by atoms with van der Waals surface area (Å²) in [7, 11) is 0. The summed E-state index contributed by atoms with van der Waals surface area (Å²) in [5, 5.41) is 27.9. The molecule has 0 aromatic heterocycles.